The number of aromatic nitrogens is 1. The summed E-state index contributed by atoms with van der Waals surface area (Å²) in [5.41, 5.74) is 0.721. The maximum Gasteiger partial charge on any atom is 0.355 e. The van der Waals surface area contributed by atoms with Gasteiger partial charge in [0.15, 0.2) is 11.9 Å². The van der Waals surface area contributed by atoms with Crippen LogP contribution < -0.4 is 5.32 Å². The second-order valence-electron chi connectivity index (χ2n) is 5.81. The molecule has 138 valence electrons. The molecule has 0 saturated carbocycles. The van der Waals surface area contributed by atoms with Crippen LogP contribution in [0.1, 0.15) is 46.0 Å². The van der Waals surface area contributed by atoms with Crippen molar-refractivity contribution in [2.75, 3.05) is 5.32 Å². The molecular weight excluding hydrogens is 346 g/mol. The molecule has 2 N–H and O–H groups in total. The number of hydrogen-bond donors (Lipinski definition) is 2. The average molecular weight is 364 g/mol. The van der Waals surface area contributed by atoms with E-state index in [0.29, 0.717) is 16.8 Å². The first-order valence-electron chi connectivity index (χ1n) is 7.79. The summed E-state index contributed by atoms with van der Waals surface area (Å²) >= 11 is 0. The van der Waals surface area contributed by atoms with E-state index in [2.05, 4.69) is 10.3 Å². The van der Waals surface area contributed by atoms with Gasteiger partial charge in [0, 0.05) is 11.3 Å². The number of rotatable bonds is 5. The van der Waals surface area contributed by atoms with Crippen molar-refractivity contribution in [3.63, 3.8) is 0 Å². The Morgan fingerprint density at radius 1 is 1.15 bits per heavy atom. The third kappa shape index (κ3) is 3.79. The van der Waals surface area contributed by atoms with Crippen LogP contribution in [0.4, 0.5) is 14.5 Å². The van der Waals surface area contributed by atoms with Crippen molar-refractivity contribution >= 4 is 23.3 Å². The molecule has 1 heterocycles. The monoisotopic (exact) mass is 364 g/mol. The van der Waals surface area contributed by atoms with Gasteiger partial charge in [-0.1, -0.05) is 6.07 Å². The molecular formula is C18H18F2N2O4. The van der Waals surface area contributed by atoms with Gasteiger partial charge in [0.2, 0.25) is 0 Å². The highest BCUT2D eigenvalue weighted by atomic mass is 19.1. The van der Waals surface area contributed by atoms with E-state index in [0.717, 1.165) is 18.2 Å². The number of carbonyl (C=O) groups is 3. The molecule has 26 heavy (non-hydrogen) atoms. The fraction of sp³-hybridized carbons (Fsp3) is 0.278. The lowest BCUT2D eigenvalue weighted by molar-refractivity contribution is -0.123. The molecule has 0 aliphatic carbocycles. The number of carbonyl (C=O) groups excluding carboxylic acids is 3. The Labute approximate surface area is 148 Å². The van der Waals surface area contributed by atoms with E-state index < -0.39 is 35.3 Å². The summed E-state index contributed by atoms with van der Waals surface area (Å²) in [5, 5.41) is 2.05. The smallest absolute Gasteiger partial charge is 0.355 e. The van der Waals surface area contributed by atoms with E-state index in [1.165, 1.54) is 13.8 Å². The van der Waals surface area contributed by atoms with Gasteiger partial charge in [-0.05, 0) is 45.4 Å². The quantitative estimate of drug-likeness (QED) is 0.629. The number of para-hydroxylation sites is 1. The number of nitrogens with one attached hydrogen (secondary N) is 2. The Kier molecular flexibility index (Phi) is 5.54. The molecule has 0 radical (unpaired) electrons. The summed E-state index contributed by atoms with van der Waals surface area (Å²) < 4.78 is 32.2. The fourth-order valence-corrected chi connectivity index (χ4v) is 2.60. The number of halogens is 2. The lowest BCUT2D eigenvalue weighted by atomic mass is 10.1. The standard InChI is InChI=1S/C18H18F2N2O4/c1-8-14(10(3)23)9(2)21-15(8)18(25)26-11(4)17(24)22-16-12(19)6-5-7-13(16)20/h5-7,11,21H,1-4H3,(H,22,24)/t11-/m0/s1. The van der Waals surface area contributed by atoms with E-state index in [9.17, 15) is 23.2 Å². The largest absolute Gasteiger partial charge is 0.448 e. The van der Waals surface area contributed by atoms with Crippen LogP contribution >= 0.6 is 0 Å². The number of esters is 1. The van der Waals surface area contributed by atoms with Gasteiger partial charge in [0.1, 0.15) is 23.0 Å². The number of aromatic amines is 1. The summed E-state index contributed by atoms with van der Waals surface area (Å²) in [6, 6.07) is 3.14. The minimum Gasteiger partial charge on any atom is -0.448 e. The normalized spacial score (nSPS) is 11.8. The van der Waals surface area contributed by atoms with Crippen LogP contribution in [0.2, 0.25) is 0 Å². The Hall–Kier alpha value is -3.03. The highest BCUT2D eigenvalue weighted by molar-refractivity contribution is 6.02. The minimum atomic E-state index is -1.31. The van der Waals surface area contributed by atoms with Crippen LogP contribution in [0.5, 0.6) is 0 Å². The summed E-state index contributed by atoms with van der Waals surface area (Å²) in [6.45, 7) is 5.86. The van der Waals surface area contributed by atoms with Gasteiger partial charge in [-0.25, -0.2) is 13.6 Å². The zero-order chi connectivity index (χ0) is 19.6. The number of aryl methyl sites for hydroxylation is 1. The Morgan fingerprint density at radius 3 is 2.23 bits per heavy atom. The third-order valence-electron chi connectivity index (χ3n) is 3.86. The summed E-state index contributed by atoms with van der Waals surface area (Å²) in [5.74, 6) is -3.85. The molecule has 0 aliphatic rings. The maximum absolute atomic E-state index is 13.6. The molecule has 8 heteroatoms. The second-order valence-corrected chi connectivity index (χ2v) is 5.81. The molecule has 0 fully saturated rings. The van der Waals surface area contributed by atoms with Crippen molar-refractivity contribution in [2.45, 2.75) is 33.8 Å². The van der Waals surface area contributed by atoms with E-state index in [4.69, 9.17) is 4.74 Å². The number of anilines is 1. The van der Waals surface area contributed by atoms with Gasteiger partial charge in [0.05, 0.1) is 0 Å². The van der Waals surface area contributed by atoms with Crippen molar-refractivity contribution in [3.8, 4) is 0 Å². The van der Waals surface area contributed by atoms with Crippen molar-refractivity contribution < 1.29 is 27.9 Å². The highest BCUT2D eigenvalue weighted by Crippen LogP contribution is 2.21. The molecule has 0 spiro atoms. The minimum absolute atomic E-state index is 0.0458. The van der Waals surface area contributed by atoms with E-state index >= 15 is 0 Å². The van der Waals surface area contributed by atoms with Gasteiger partial charge in [-0.15, -0.1) is 0 Å². The van der Waals surface area contributed by atoms with Crippen molar-refractivity contribution in [1.82, 2.24) is 4.98 Å². The van der Waals surface area contributed by atoms with Gasteiger partial charge in [0.25, 0.3) is 5.91 Å². The SMILES string of the molecule is CC(=O)c1c(C)[nH]c(C(=O)O[C@@H](C)C(=O)Nc2c(F)cccc2F)c1C. The van der Waals surface area contributed by atoms with Crippen LogP contribution in [0, 0.1) is 25.5 Å². The molecule has 0 aliphatic heterocycles. The number of ketones is 1. The van der Waals surface area contributed by atoms with Crippen LogP contribution in [-0.4, -0.2) is 28.7 Å². The molecule has 0 unspecified atom stereocenters. The fourth-order valence-electron chi connectivity index (χ4n) is 2.60. The Balaban J connectivity index is 2.13. The van der Waals surface area contributed by atoms with Crippen LogP contribution in [0.3, 0.4) is 0 Å². The zero-order valence-electron chi connectivity index (χ0n) is 14.7. The first kappa shape index (κ1) is 19.3. The number of ether oxygens (including phenoxy) is 1. The maximum atomic E-state index is 13.6. The van der Waals surface area contributed by atoms with Gasteiger partial charge < -0.3 is 15.0 Å². The summed E-state index contributed by atoms with van der Waals surface area (Å²) in [4.78, 5) is 38.7. The van der Waals surface area contributed by atoms with Gasteiger partial charge in [-0.3, -0.25) is 9.59 Å². The zero-order valence-corrected chi connectivity index (χ0v) is 14.7. The lowest BCUT2D eigenvalue weighted by Crippen LogP contribution is -2.31. The number of Topliss-reactive ketones (excluding diaryl/α,β-unsaturated/α-hetero) is 1. The molecule has 2 rings (SSSR count). The molecule has 1 atom stereocenters. The second kappa shape index (κ2) is 7.47. The number of hydrogen-bond acceptors (Lipinski definition) is 4. The topological polar surface area (TPSA) is 88.3 Å². The van der Waals surface area contributed by atoms with E-state index in [1.807, 2.05) is 0 Å². The van der Waals surface area contributed by atoms with Crippen molar-refractivity contribution in [2.24, 2.45) is 0 Å². The summed E-state index contributed by atoms with van der Waals surface area (Å²) in [7, 11) is 0. The predicted octanol–water partition coefficient (Wildman–Crippen LogP) is 3.30. The molecule has 1 amide bonds. The van der Waals surface area contributed by atoms with Crippen LogP contribution in [0.25, 0.3) is 0 Å². The molecule has 0 saturated heterocycles. The molecule has 1 aromatic carbocycles. The Morgan fingerprint density at radius 2 is 1.73 bits per heavy atom. The van der Waals surface area contributed by atoms with Crippen LogP contribution in [-0.2, 0) is 9.53 Å². The van der Waals surface area contributed by atoms with E-state index in [-0.39, 0.29) is 11.5 Å². The number of benzene rings is 1. The van der Waals surface area contributed by atoms with Crippen molar-refractivity contribution in [1.29, 1.82) is 0 Å². The molecule has 0 bridgehead atoms. The van der Waals surface area contributed by atoms with E-state index in [1.54, 1.807) is 13.8 Å². The number of amides is 1. The van der Waals surface area contributed by atoms with Crippen LogP contribution in [0.15, 0.2) is 18.2 Å². The predicted molar refractivity (Wildman–Crippen MR) is 90.1 cm³/mol. The average Bonchev–Trinajstić information content (AvgIpc) is 2.85. The lowest BCUT2D eigenvalue weighted by Gasteiger charge is -2.14. The molecule has 2 aromatic rings. The first-order chi connectivity index (χ1) is 12.1. The van der Waals surface area contributed by atoms with Gasteiger partial charge in [-0.2, -0.15) is 0 Å². The highest BCUT2D eigenvalue weighted by Gasteiger charge is 2.25. The number of H-pyrrole nitrogens is 1. The van der Waals surface area contributed by atoms with Gasteiger partial charge >= 0.3 is 5.97 Å². The molecule has 1 aromatic heterocycles. The summed E-state index contributed by atoms with van der Waals surface area (Å²) in [6.07, 6.45) is -1.31. The van der Waals surface area contributed by atoms with Crippen molar-refractivity contribution in [3.05, 3.63) is 52.3 Å². The molecule has 6 nitrogen and oxygen atoms in total. The Bertz CT molecular complexity index is 869. The third-order valence-corrected chi connectivity index (χ3v) is 3.86. The first-order valence-corrected chi connectivity index (χ1v) is 7.79.